The topological polar surface area (TPSA) is 29.1 Å². The highest BCUT2D eigenvalue weighted by atomic mass is 16.1. The van der Waals surface area contributed by atoms with E-state index in [9.17, 15) is 4.79 Å². The van der Waals surface area contributed by atoms with Crippen molar-refractivity contribution in [2.45, 2.75) is 85.1 Å². The van der Waals surface area contributed by atoms with Gasteiger partial charge in [0, 0.05) is 24.6 Å². The predicted octanol–water partition coefficient (Wildman–Crippen LogP) is 5.75. The zero-order valence-corrected chi connectivity index (χ0v) is 17.1. The summed E-state index contributed by atoms with van der Waals surface area (Å²) in [6.07, 6.45) is 5.70. The minimum absolute atomic E-state index is 0.134. The monoisotopic (exact) mass is 343 g/mol. The van der Waals surface area contributed by atoms with Gasteiger partial charge in [0.15, 0.2) is 5.78 Å². The molecule has 1 fully saturated rings. The molecule has 0 heterocycles. The van der Waals surface area contributed by atoms with Crippen LogP contribution in [0, 0.1) is 11.3 Å². The lowest BCUT2D eigenvalue weighted by Crippen LogP contribution is -2.37. The second-order valence-corrected chi connectivity index (χ2v) is 9.87. The van der Waals surface area contributed by atoms with Crippen LogP contribution in [0.5, 0.6) is 0 Å². The van der Waals surface area contributed by atoms with Crippen molar-refractivity contribution >= 4 is 5.78 Å². The largest absolute Gasteiger partial charge is 0.314 e. The molecule has 0 atom stereocenters. The van der Waals surface area contributed by atoms with Gasteiger partial charge < -0.3 is 5.32 Å². The molecule has 25 heavy (non-hydrogen) atoms. The first-order valence-electron chi connectivity index (χ1n) is 9.94. The lowest BCUT2D eigenvalue weighted by Gasteiger charge is -2.37. The molecule has 1 aromatic rings. The van der Waals surface area contributed by atoms with Crippen molar-refractivity contribution in [3.05, 3.63) is 35.4 Å². The lowest BCUT2D eigenvalue weighted by molar-refractivity contribution is 0.0979. The third kappa shape index (κ3) is 5.95. The Labute approximate surface area is 154 Å². The molecule has 2 nitrogen and oxygen atoms in total. The Hall–Kier alpha value is -1.15. The van der Waals surface area contributed by atoms with Crippen LogP contribution >= 0.6 is 0 Å². The van der Waals surface area contributed by atoms with Gasteiger partial charge in [-0.05, 0) is 48.0 Å². The van der Waals surface area contributed by atoms with Crippen LogP contribution in [-0.2, 0) is 5.41 Å². The minimum atomic E-state index is 0.134. The van der Waals surface area contributed by atoms with Crippen molar-refractivity contribution in [1.29, 1.82) is 0 Å². The average molecular weight is 344 g/mol. The van der Waals surface area contributed by atoms with E-state index in [4.69, 9.17) is 0 Å². The number of carbonyl (C=O) groups excluding carboxylic acids is 1. The van der Waals surface area contributed by atoms with E-state index >= 15 is 0 Å². The summed E-state index contributed by atoms with van der Waals surface area (Å²) in [4.78, 5) is 12.4. The smallest absolute Gasteiger partial charge is 0.164 e. The number of hydrogen-bond acceptors (Lipinski definition) is 2. The van der Waals surface area contributed by atoms with Gasteiger partial charge in [-0.15, -0.1) is 0 Å². The fraction of sp³-hybridized carbons (Fsp3) is 0.696. The molecule has 2 rings (SSSR count). The summed E-state index contributed by atoms with van der Waals surface area (Å²) < 4.78 is 0. The Morgan fingerprint density at radius 1 is 0.960 bits per heavy atom. The van der Waals surface area contributed by atoms with Crippen molar-refractivity contribution < 1.29 is 4.79 Å². The Morgan fingerprint density at radius 2 is 1.52 bits per heavy atom. The number of carbonyl (C=O) groups is 1. The Balaban J connectivity index is 1.74. The molecule has 1 saturated carbocycles. The number of nitrogens with one attached hydrogen (secondary N) is 1. The van der Waals surface area contributed by atoms with E-state index in [0.717, 1.165) is 18.0 Å². The van der Waals surface area contributed by atoms with Gasteiger partial charge in [0.1, 0.15) is 0 Å². The molecule has 1 aromatic carbocycles. The molecule has 140 valence electrons. The van der Waals surface area contributed by atoms with Gasteiger partial charge in [0.05, 0.1) is 0 Å². The van der Waals surface area contributed by atoms with Gasteiger partial charge in [-0.1, -0.05) is 65.8 Å². The summed E-state index contributed by atoms with van der Waals surface area (Å²) >= 11 is 0. The van der Waals surface area contributed by atoms with Crippen LogP contribution in [0.3, 0.4) is 0 Å². The SMILES string of the molecule is CC(C)(C)c1ccc(C(=O)CCNC2CCC(C(C)(C)C)CC2)cc1. The second-order valence-electron chi connectivity index (χ2n) is 9.87. The van der Waals surface area contributed by atoms with Gasteiger partial charge in [-0.25, -0.2) is 0 Å². The van der Waals surface area contributed by atoms with Crippen molar-refractivity contribution in [1.82, 2.24) is 5.32 Å². The number of ketones is 1. The molecule has 1 N–H and O–H groups in total. The third-order valence-electron chi connectivity index (χ3n) is 5.81. The van der Waals surface area contributed by atoms with E-state index in [-0.39, 0.29) is 11.2 Å². The van der Waals surface area contributed by atoms with Crippen LogP contribution in [-0.4, -0.2) is 18.4 Å². The standard InChI is InChI=1S/C23H37NO/c1-22(2,3)18-9-7-17(8-10-18)21(25)15-16-24-20-13-11-19(12-14-20)23(4,5)6/h7-10,19-20,24H,11-16H2,1-6H3. The number of benzene rings is 1. The van der Waals surface area contributed by atoms with Crippen LogP contribution in [0.2, 0.25) is 0 Å². The molecule has 2 heteroatoms. The Kier molecular flexibility index (Phi) is 6.48. The maximum absolute atomic E-state index is 12.4. The lowest BCUT2D eigenvalue weighted by atomic mass is 9.71. The van der Waals surface area contributed by atoms with Crippen LogP contribution in [0.1, 0.15) is 89.6 Å². The molecular weight excluding hydrogens is 306 g/mol. The first kappa shape index (κ1) is 20.2. The molecule has 1 aliphatic carbocycles. The molecule has 0 aromatic heterocycles. The second kappa shape index (κ2) is 8.03. The molecule has 0 radical (unpaired) electrons. The zero-order chi connectivity index (χ0) is 18.7. The van der Waals surface area contributed by atoms with Crippen molar-refractivity contribution in [3.8, 4) is 0 Å². The van der Waals surface area contributed by atoms with Crippen molar-refractivity contribution in [2.75, 3.05) is 6.54 Å². The fourth-order valence-corrected chi connectivity index (χ4v) is 3.85. The minimum Gasteiger partial charge on any atom is -0.314 e. The molecule has 0 saturated heterocycles. The van der Waals surface area contributed by atoms with Crippen LogP contribution in [0.4, 0.5) is 0 Å². The summed E-state index contributed by atoms with van der Waals surface area (Å²) in [5.74, 6) is 1.09. The molecule has 0 spiro atoms. The van der Waals surface area contributed by atoms with E-state index in [2.05, 4.69) is 59.0 Å². The molecule has 1 aliphatic rings. The molecule has 0 aliphatic heterocycles. The number of rotatable bonds is 5. The highest BCUT2D eigenvalue weighted by molar-refractivity contribution is 5.96. The summed E-state index contributed by atoms with van der Waals surface area (Å²) in [5, 5.41) is 3.61. The first-order valence-corrected chi connectivity index (χ1v) is 9.94. The van der Waals surface area contributed by atoms with Gasteiger partial charge in [-0.2, -0.15) is 0 Å². The summed E-state index contributed by atoms with van der Waals surface area (Å²) in [5.41, 5.74) is 2.68. The van der Waals surface area contributed by atoms with Gasteiger partial charge in [-0.3, -0.25) is 4.79 Å². The van der Waals surface area contributed by atoms with Crippen LogP contribution in [0.25, 0.3) is 0 Å². The molecular formula is C23H37NO. The quantitative estimate of drug-likeness (QED) is 0.690. The Bertz CT molecular complexity index is 551. The summed E-state index contributed by atoms with van der Waals surface area (Å²) in [7, 11) is 0. The van der Waals surface area contributed by atoms with E-state index in [1.807, 2.05) is 12.1 Å². The van der Waals surface area contributed by atoms with E-state index in [0.29, 0.717) is 17.9 Å². The van der Waals surface area contributed by atoms with Crippen molar-refractivity contribution in [3.63, 3.8) is 0 Å². The van der Waals surface area contributed by atoms with Crippen molar-refractivity contribution in [2.24, 2.45) is 11.3 Å². The molecule has 0 bridgehead atoms. The van der Waals surface area contributed by atoms with Gasteiger partial charge in [0.25, 0.3) is 0 Å². The highest BCUT2D eigenvalue weighted by Gasteiger charge is 2.29. The predicted molar refractivity (Wildman–Crippen MR) is 107 cm³/mol. The fourth-order valence-electron chi connectivity index (χ4n) is 3.85. The normalized spacial score (nSPS) is 22.0. The van der Waals surface area contributed by atoms with Gasteiger partial charge in [0.2, 0.25) is 0 Å². The van der Waals surface area contributed by atoms with Crippen LogP contribution < -0.4 is 5.32 Å². The molecule has 0 amide bonds. The van der Waals surface area contributed by atoms with E-state index < -0.39 is 0 Å². The van der Waals surface area contributed by atoms with Gasteiger partial charge >= 0.3 is 0 Å². The number of hydrogen-bond donors (Lipinski definition) is 1. The number of Topliss-reactive ketones (excluding diaryl/α,β-unsaturated/α-hetero) is 1. The molecule has 0 unspecified atom stereocenters. The zero-order valence-electron chi connectivity index (χ0n) is 17.1. The Morgan fingerprint density at radius 3 is 2.00 bits per heavy atom. The third-order valence-corrected chi connectivity index (χ3v) is 5.81. The summed E-state index contributed by atoms with van der Waals surface area (Å²) in [6, 6.07) is 8.74. The highest BCUT2D eigenvalue weighted by Crippen LogP contribution is 2.37. The maximum Gasteiger partial charge on any atom is 0.164 e. The maximum atomic E-state index is 12.4. The van der Waals surface area contributed by atoms with E-state index in [1.54, 1.807) is 0 Å². The first-order chi connectivity index (χ1) is 11.6. The average Bonchev–Trinajstić information content (AvgIpc) is 2.54. The van der Waals surface area contributed by atoms with E-state index in [1.165, 1.54) is 31.2 Å². The summed E-state index contributed by atoms with van der Waals surface area (Å²) in [6.45, 7) is 14.5. The van der Waals surface area contributed by atoms with Crippen LogP contribution in [0.15, 0.2) is 24.3 Å².